The van der Waals surface area contributed by atoms with Gasteiger partial charge in [-0.2, -0.15) is 0 Å². The normalized spacial score (nSPS) is 16.2. The molecule has 0 aromatic heterocycles. The molecule has 2 rings (SSSR count). The fourth-order valence-corrected chi connectivity index (χ4v) is 2.49. The summed E-state index contributed by atoms with van der Waals surface area (Å²) in [6, 6.07) is 4.06. The van der Waals surface area contributed by atoms with Crippen molar-refractivity contribution in [3.63, 3.8) is 0 Å². The molecule has 1 nitrogen and oxygen atoms in total. The third-order valence-corrected chi connectivity index (χ3v) is 4.12. The smallest absolute Gasteiger partial charge is 0.0499 e. The van der Waals surface area contributed by atoms with Crippen LogP contribution in [0.1, 0.15) is 24.8 Å². The Morgan fingerprint density at radius 3 is 2.80 bits per heavy atom. The van der Waals surface area contributed by atoms with Gasteiger partial charge < -0.3 is 5.32 Å². The summed E-state index contributed by atoms with van der Waals surface area (Å²) in [5.41, 5.74) is 2.22. The number of halogens is 2. The van der Waals surface area contributed by atoms with Gasteiger partial charge in [-0.3, -0.25) is 0 Å². The Kier molecular flexibility index (Phi) is 3.57. The van der Waals surface area contributed by atoms with E-state index in [9.17, 15) is 0 Å². The lowest BCUT2D eigenvalue weighted by Gasteiger charge is -2.26. The maximum absolute atomic E-state index is 6.09. The second-order valence-corrected chi connectivity index (χ2v) is 5.52. The van der Waals surface area contributed by atoms with Gasteiger partial charge in [-0.05, 0) is 59.3 Å². The van der Waals surface area contributed by atoms with E-state index < -0.39 is 0 Å². The minimum Gasteiger partial charge on any atom is -0.384 e. The van der Waals surface area contributed by atoms with Crippen molar-refractivity contribution in [1.82, 2.24) is 0 Å². The van der Waals surface area contributed by atoms with Crippen molar-refractivity contribution >= 4 is 33.2 Å². The second-order valence-electron chi connectivity index (χ2n) is 4.26. The van der Waals surface area contributed by atoms with Gasteiger partial charge in [0.05, 0.1) is 0 Å². The second kappa shape index (κ2) is 4.75. The summed E-state index contributed by atoms with van der Waals surface area (Å²) in [6.07, 6.45) is 4.12. The molecule has 1 fully saturated rings. The van der Waals surface area contributed by atoms with Gasteiger partial charge in [0.15, 0.2) is 0 Å². The van der Waals surface area contributed by atoms with Gasteiger partial charge in [-0.15, -0.1) is 0 Å². The van der Waals surface area contributed by atoms with Crippen molar-refractivity contribution in [2.45, 2.75) is 26.2 Å². The molecule has 82 valence electrons. The fourth-order valence-electron chi connectivity index (χ4n) is 1.73. The van der Waals surface area contributed by atoms with Crippen LogP contribution in [-0.4, -0.2) is 6.54 Å². The van der Waals surface area contributed by atoms with E-state index in [4.69, 9.17) is 11.6 Å². The molecule has 1 aromatic rings. The van der Waals surface area contributed by atoms with Gasteiger partial charge in [-0.1, -0.05) is 18.0 Å². The number of anilines is 1. The first kappa shape index (κ1) is 11.3. The Morgan fingerprint density at radius 2 is 2.20 bits per heavy atom. The molecule has 0 saturated heterocycles. The SMILES string of the molecule is Cc1cc(Br)c(NCC2CCC2)cc1Cl. The number of hydrogen-bond acceptors (Lipinski definition) is 1. The van der Waals surface area contributed by atoms with Gasteiger partial charge in [0, 0.05) is 21.7 Å². The first-order chi connectivity index (χ1) is 7.16. The highest BCUT2D eigenvalue weighted by molar-refractivity contribution is 9.10. The van der Waals surface area contributed by atoms with E-state index in [2.05, 4.69) is 27.3 Å². The van der Waals surface area contributed by atoms with E-state index in [0.29, 0.717) is 0 Å². The highest BCUT2D eigenvalue weighted by Crippen LogP contribution is 2.31. The van der Waals surface area contributed by atoms with Crippen LogP contribution in [0.2, 0.25) is 5.02 Å². The molecular weight excluding hydrogens is 273 g/mol. The lowest BCUT2D eigenvalue weighted by Crippen LogP contribution is -2.21. The van der Waals surface area contributed by atoms with Crippen LogP contribution in [0, 0.1) is 12.8 Å². The predicted octanol–water partition coefficient (Wildman–Crippen LogP) is 4.62. The number of nitrogens with one attached hydrogen (secondary N) is 1. The number of hydrogen-bond donors (Lipinski definition) is 1. The number of aryl methyl sites for hydroxylation is 1. The van der Waals surface area contributed by atoms with Gasteiger partial charge in [0.25, 0.3) is 0 Å². The van der Waals surface area contributed by atoms with Crippen molar-refractivity contribution in [2.75, 3.05) is 11.9 Å². The summed E-state index contributed by atoms with van der Waals surface area (Å²) in [6.45, 7) is 3.08. The number of rotatable bonds is 3. The largest absolute Gasteiger partial charge is 0.384 e. The predicted molar refractivity (Wildman–Crippen MR) is 69.7 cm³/mol. The van der Waals surface area contributed by atoms with Crippen LogP contribution < -0.4 is 5.32 Å². The molecule has 0 unspecified atom stereocenters. The monoisotopic (exact) mass is 287 g/mol. The average Bonchev–Trinajstić information content (AvgIpc) is 2.11. The Morgan fingerprint density at radius 1 is 1.47 bits per heavy atom. The molecule has 0 atom stereocenters. The molecule has 3 heteroatoms. The highest BCUT2D eigenvalue weighted by Gasteiger charge is 2.17. The van der Waals surface area contributed by atoms with E-state index >= 15 is 0 Å². The molecule has 0 heterocycles. The van der Waals surface area contributed by atoms with E-state index in [1.807, 2.05) is 13.0 Å². The van der Waals surface area contributed by atoms with Crippen LogP contribution in [0.25, 0.3) is 0 Å². The molecule has 1 aliphatic rings. The molecule has 0 amide bonds. The molecule has 0 bridgehead atoms. The first-order valence-electron chi connectivity index (χ1n) is 5.36. The van der Waals surface area contributed by atoms with E-state index in [0.717, 1.165) is 33.2 Å². The van der Waals surface area contributed by atoms with Crippen LogP contribution in [0.15, 0.2) is 16.6 Å². The Balaban J connectivity index is 2.03. The summed E-state index contributed by atoms with van der Waals surface area (Å²) in [7, 11) is 0. The quantitative estimate of drug-likeness (QED) is 0.855. The summed E-state index contributed by atoms with van der Waals surface area (Å²) >= 11 is 9.64. The van der Waals surface area contributed by atoms with Crippen LogP contribution in [0.5, 0.6) is 0 Å². The van der Waals surface area contributed by atoms with Gasteiger partial charge in [0.2, 0.25) is 0 Å². The topological polar surface area (TPSA) is 12.0 Å². The molecule has 1 aromatic carbocycles. The van der Waals surface area contributed by atoms with Crippen LogP contribution in [0.3, 0.4) is 0 Å². The minimum absolute atomic E-state index is 0.828. The summed E-state index contributed by atoms with van der Waals surface area (Å²) in [5, 5.41) is 4.28. The minimum atomic E-state index is 0.828. The van der Waals surface area contributed by atoms with Crippen molar-refractivity contribution in [2.24, 2.45) is 5.92 Å². The molecule has 0 radical (unpaired) electrons. The maximum Gasteiger partial charge on any atom is 0.0499 e. The highest BCUT2D eigenvalue weighted by atomic mass is 79.9. The van der Waals surface area contributed by atoms with Crippen molar-refractivity contribution in [3.8, 4) is 0 Å². The first-order valence-corrected chi connectivity index (χ1v) is 6.53. The van der Waals surface area contributed by atoms with Crippen molar-refractivity contribution in [3.05, 3.63) is 27.2 Å². The Labute approximate surface area is 104 Å². The maximum atomic E-state index is 6.09. The Bertz CT molecular complexity index is 361. The summed E-state index contributed by atoms with van der Waals surface area (Å²) < 4.78 is 1.10. The number of benzene rings is 1. The van der Waals surface area contributed by atoms with E-state index in [1.165, 1.54) is 19.3 Å². The zero-order chi connectivity index (χ0) is 10.8. The van der Waals surface area contributed by atoms with Crippen molar-refractivity contribution < 1.29 is 0 Å². The molecule has 1 saturated carbocycles. The fraction of sp³-hybridized carbons (Fsp3) is 0.500. The zero-order valence-electron chi connectivity index (χ0n) is 8.82. The van der Waals surface area contributed by atoms with Gasteiger partial charge in [-0.25, -0.2) is 0 Å². The molecule has 1 aliphatic carbocycles. The van der Waals surface area contributed by atoms with Crippen LogP contribution >= 0.6 is 27.5 Å². The zero-order valence-corrected chi connectivity index (χ0v) is 11.2. The lowest BCUT2D eigenvalue weighted by molar-refractivity contribution is 0.333. The molecule has 0 spiro atoms. The summed E-state index contributed by atoms with van der Waals surface area (Å²) in [4.78, 5) is 0. The van der Waals surface area contributed by atoms with Gasteiger partial charge in [0.1, 0.15) is 0 Å². The van der Waals surface area contributed by atoms with Crippen molar-refractivity contribution in [1.29, 1.82) is 0 Å². The molecule has 15 heavy (non-hydrogen) atoms. The molecule has 0 aliphatic heterocycles. The average molecular weight is 289 g/mol. The van der Waals surface area contributed by atoms with Crippen LogP contribution in [-0.2, 0) is 0 Å². The van der Waals surface area contributed by atoms with Gasteiger partial charge >= 0.3 is 0 Å². The van der Waals surface area contributed by atoms with E-state index in [-0.39, 0.29) is 0 Å². The lowest BCUT2D eigenvalue weighted by atomic mass is 9.85. The van der Waals surface area contributed by atoms with Crippen LogP contribution in [0.4, 0.5) is 5.69 Å². The third kappa shape index (κ3) is 2.67. The molecular formula is C12H15BrClN. The summed E-state index contributed by atoms with van der Waals surface area (Å²) in [5.74, 6) is 0.858. The standard InChI is InChI=1S/C12H15BrClN/c1-8-5-10(13)12(6-11(8)14)15-7-9-3-2-4-9/h5-6,9,15H,2-4,7H2,1H3. The van der Waals surface area contributed by atoms with E-state index in [1.54, 1.807) is 0 Å². The third-order valence-electron chi connectivity index (χ3n) is 3.05. The molecule has 1 N–H and O–H groups in total. The Hall–Kier alpha value is -0.210.